The second kappa shape index (κ2) is 4.47. The minimum atomic E-state index is -0.0309. The molecule has 2 heterocycles. The van der Waals surface area contributed by atoms with Crippen molar-refractivity contribution in [2.24, 2.45) is 0 Å². The smallest absolute Gasteiger partial charge is 0.0857 e. The van der Waals surface area contributed by atoms with Gasteiger partial charge in [0.15, 0.2) is 0 Å². The van der Waals surface area contributed by atoms with Crippen molar-refractivity contribution in [3.63, 3.8) is 0 Å². The van der Waals surface area contributed by atoms with E-state index in [0.29, 0.717) is 6.04 Å². The highest BCUT2D eigenvalue weighted by Crippen LogP contribution is 2.41. The highest BCUT2D eigenvalue weighted by Gasteiger charge is 2.39. The third-order valence-corrected chi connectivity index (χ3v) is 4.71. The number of hydrogen-bond acceptors (Lipinski definition) is 3. The van der Waals surface area contributed by atoms with Crippen LogP contribution in [0.5, 0.6) is 0 Å². The van der Waals surface area contributed by atoms with Gasteiger partial charge in [0, 0.05) is 16.4 Å². The Labute approximate surface area is 102 Å². The number of rotatable bonds is 3. The van der Waals surface area contributed by atoms with Crippen molar-refractivity contribution in [3.05, 3.63) is 21.4 Å². The Bertz CT molecular complexity index is 366. The molecule has 0 spiro atoms. The van der Waals surface area contributed by atoms with E-state index < -0.39 is 0 Å². The van der Waals surface area contributed by atoms with Crippen LogP contribution in [0.2, 0.25) is 0 Å². The van der Waals surface area contributed by atoms with Gasteiger partial charge in [0.25, 0.3) is 0 Å². The summed E-state index contributed by atoms with van der Waals surface area (Å²) in [6, 6.07) is 2.59. The van der Waals surface area contributed by atoms with Crippen LogP contribution in [0, 0.1) is 13.8 Å². The van der Waals surface area contributed by atoms with Gasteiger partial charge in [-0.3, -0.25) is 0 Å². The second-order valence-electron chi connectivity index (χ2n) is 4.89. The van der Waals surface area contributed by atoms with Gasteiger partial charge >= 0.3 is 0 Å². The van der Waals surface area contributed by atoms with Gasteiger partial charge in [-0.05, 0) is 52.3 Å². The average Bonchev–Trinajstić information content (AvgIpc) is 2.76. The number of likely N-dealkylation sites (N-methyl/N-ethyl adjacent to an activating group) is 1. The van der Waals surface area contributed by atoms with E-state index in [9.17, 15) is 0 Å². The molecular formula is C13H21NOS. The van der Waals surface area contributed by atoms with Crippen LogP contribution < -0.4 is 5.32 Å². The first-order valence-electron chi connectivity index (χ1n) is 5.95. The molecule has 1 N–H and O–H groups in total. The van der Waals surface area contributed by atoms with Crippen LogP contribution in [0.4, 0.5) is 0 Å². The van der Waals surface area contributed by atoms with E-state index in [4.69, 9.17) is 4.74 Å². The number of ether oxygens (including phenoxy) is 1. The number of nitrogens with one attached hydrogen (secondary N) is 1. The SMILES string of the molecule is CNC(c1sc(C)cc1C)C1(C)CCCO1. The molecule has 0 bridgehead atoms. The lowest BCUT2D eigenvalue weighted by Crippen LogP contribution is -2.39. The number of hydrogen-bond donors (Lipinski definition) is 1. The van der Waals surface area contributed by atoms with Crippen molar-refractivity contribution >= 4 is 11.3 Å². The lowest BCUT2D eigenvalue weighted by molar-refractivity contribution is -0.00963. The second-order valence-corrected chi connectivity index (χ2v) is 6.18. The molecule has 2 rings (SSSR count). The van der Waals surface area contributed by atoms with Crippen LogP contribution in [0.1, 0.15) is 41.1 Å². The first-order chi connectivity index (χ1) is 7.57. The zero-order valence-electron chi connectivity index (χ0n) is 10.6. The maximum atomic E-state index is 5.96. The molecule has 1 aromatic rings. The minimum Gasteiger partial charge on any atom is -0.373 e. The van der Waals surface area contributed by atoms with E-state index >= 15 is 0 Å². The van der Waals surface area contributed by atoms with Crippen LogP contribution in [-0.2, 0) is 4.74 Å². The monoisotopic (exact) mass is 239 g/mol. The molecule has 2 atom stereocenters. The van der Waals surface area contributed by atoms with Crippen molar-refractivity contribution in [3.8, 4) is 0 Å². The molecule has 16 heavy (non-hydrogen) atoms. The maximum absolute atomic E-state index is 5.96. The van der Waals surface area contributed by atoms with E-state index in [1.807, 2.05) is 18.4 Å². The first-order valence-corrected chi connectivity index (χ1v) is 6.76. The first kappa shape index (κ1) is 12.1. The Balaban J connectivity index is 2.32. The van der Waals surface area contributed by atoms with Gasteiger partial charge in [-0.15, -0.1) is 11.3 Å². The molecule has 0 saturated carbocycles. The van der Waals surface area contributed by atoms with E-state index in [0.717, 1.165) is 13.0 Å². The topological polar surface area (TPSA) is 21.3 Å². The van der Waals surface area contributed by atoms with E-state index in [1.54, 1.807) is 0 Å². The van der Waals surface area contributed by atoms with Crippen LogP contribution in [0.25, 0.3) is 0 Å². The zero-order chi connectivity index (χ0) is 11.8. The molecule has 1 fully saturated rings. The summed E-state index contributed by atoms with van der Waals surface area (Å²) >= 11 is 1.89. The number of thiophene rings is 1. The van der Waals surface area contributed by atoms with Crippen molar-refractivity contribution in [2.45, 2.75) is 45.3 Å². The van der Waals surface area contributed by atoms with Gasteiger partial charge < -0.3 is 10.1 Å². The summed E-state index contributed by atoms with van der Waals surface area (Å²) in [6.45, 7) is 7.50. The largest absolute Gasteiger partial charge is 0.373 e. The van der Waals surface area contributed by atoms with Crippen molar-refractivity contribution in [2.75, 3.05) is 13.7 Å². The third-order valence-electron chi connectivity index (χ3n) is 3.49. The molecular weight excluding hydrogens is 218 g/mol. The van der Waals surface area contributed by atoms with Crippen molar-refractivity contribution < 1.29 is 4.74 Å². The Morgan fingerprint density at radius 2 is 2.25 bits per heavy atom. The fraction of sp³-hybridized carbons (Fsp3) is 0.692. The molecule has 0 radical (unpaired) electrons. The summed E-state index contributed by atoms with van der Waals surface area (Å²) in [4.78, 5) is 2.82. The lowest BCUT2D eigenvalue weighted by atomic mass is 9.91. The zero-order valence-corrected chi connectivity index (χ0v) is 11.4. The summed E-state index contributed by atoms with van der Waals surface area (Å²) in [5.74, 6) is 0. The molecule has 1 aliphatic heterocycles. The molecule has 2 nitrogen and oxygen atoms in total. The quantitative estimate of drug-likeness (QED) is 0.874. The summed E-state index contributed by atoms with van der Waals surface area (Å²) in [7, 11) is 2.03. The van der Waals surface area contributed by atoms with Gasteiger partial charge in [0.2, 0.25) is 0 Å². The van der Waals surface area contributed by atoms with Gasteiger partial charge in [-0.25, -0.2) is 0 Å². The van der Waals surface area contributed by atoms with Crippen molar-refractivity contribution in [1.29, 1.82) is 0 Å². The molecule has 0 amide bonds. The van der Waals surface area contributed by atoms with Gasteiger partial charge in [0.1, 0.15) is 0 Å². The fourth-order valence-electron chi connectivity index (χ4n) is 2.69. The standard InChI is InChI=1S/C13H21NOS/c1-9-8-10(2)16-11(9)12(14-4)13(3)6-5-7-15-13/h8,12,14H,5-7H2,1-4H3. The fourth-order valence-corrected chi connectivity index (χ4v) is 3.98. The summed E-state index contributed by atoms with van der Waals surface area (Å²) in [5, 5.41) is 3.44. The Hall–Kier alpha value is -0.380. The summed E-state index contributed by atoms with van der Waals surface area (Å²) in [5.41, 5.74) is 1.36. The molecule has 1 aromatic heterocycles. The summed E-state index contributed by atoms with van der Waals surface area (Å²) in [6.07, 6.45) is 2.33. The normalized spacial score (nSPS) is 27.2. The molecule has 2 unspecified atom stereocenters. The third kappa shape index (κ3) is 2.04. The molecule has 3 heteroatoms. The predicted octanol–water partition coefficient (Wildman–Crippen LogP) is 3.19. The van der Waals surface area contributed by atoms with E-state index in [-0.39, 0.29) is 5.60 Å². The van der Waals surface area contributed by atoms with Gasteiger partial charge in [-0.1, -0.05) is 0 Å². The van der Waals surface area contributed by atoms with Gasteiger partial charge in [-0.2, -0.15) is 0 Å². The molecule has 1 aliphatic rings. The predicted molar refractivity (Wildman–Crippen MR) is 69.2 cm³/mol. The minimum absolute atomic E-state index is 0.0309. The van der Waals surface area contributed by atoms with E-state index in [1.165, 1.54) is 21.7 Å². The van der Waals surface area contributed by atoms with Crippen molar-refractivity contribution in [1.82, 2.24) is 5.32 Å². The van der Waals surface area contributed by atoms with Gasteiger partial charge in [0.05, 0.1) is 11.6 Å². The number of aryl methyl sites for hydroxylation is 2. The average molecular weight is 239 g/mol. The molecule has 90 valence electrons. The Morgan fingerprint density at radius 1 is 1.50 bits per heavy atom. The molecule has 0 aliphatic carbocycles. The summed E-state index contributed by atoms with van der Waals surface area (Å²) < 4.78 is 5.96. The highest BCUT2D eigenvalue weighted by molar-refractivity contribution is 7.12. The Kier molecular flexibility index (Phi) is 3.38. The molecule has 0 aromatic carbocycles. The lowest BCUT2D eigenvalue weighted by Gasteiger charge is -2.33. The molecule has 1 saturated heterocycles. The van der Waals surface area contributed by atoms with Crippen LogP contribution in [-0.4, -0.2) is 19.3 Å². The Morgan fingerprint density at radius 3 is 2.69 bits per heavy atom. The van der Waals surface area contributed by atoms with Crippen LogP contribution in [0.3, 0.4) is 0 Å². The maximum Gasteiger partial charge on any atom is 0.0857 e. The van der Waals surface area contributed by atoms with Crippen LogP contribution >= 0.6 is 11.3 Å². The van der Waals surface area contributed by atoms with Crippen LogP contribution in [0.15, 0.2) is 6.07 Å². The van der Waals surface area contributed by atoms with E-state index in [2.05, 4.69) is 32.2 Å². The highest BCUT2D eigenvalue weighted by atomic mass is 32.1.